The summed E-state index contributed by atoms with van der Waals surface area (Å²) >= 11 is 1.07. The highest BCUT2D eigenvalue weighted by molar-refractivity contribution is 7.89. The lowest BCUT2D eigenvalue weighted by molar-refractivity contribution is -0.139. The van der Waals surface area contributed by atoms with E-state index >= 15 is 0 Å². The third-order valence-electron chi connectivity index (χ3n) is 4.40. The van der Waals surface area contributed by atoms with Gasteiger partial charge in [0.05, 0.1) is 25.7 Å². The van der Waals surface area contributed by atoms with Crippen molar-refractivity contribution in [2.45, 2.75) is 30.2 Å². The highest BCUT2D eigenvalue weighted by Gasteiger charge is 2.36. The van der Waals surface area contributed by atoms with Gasteiger partial charge in [-0.15, -0.1) is 11.3 Å². The van der Waals surface area contributed by atoms with Gasteiger partial charge < -0.3 is 14.7 Å². The number of ether oxygens (including phenoxy) is 1. The third kappa shape index (κ3) is 3.71. The maximum absolute atomic E-state index is 12.9. The normalized spacial score (nSPS) is 22.2. The van der Waals surface area contributed by atoms with Gasteiger partial charge in [0.1, 0.15) is 9.77 Å². The fraction of sp³-hybridized carbons (Fsp3) is 0.600. The Labute approximate surface area is 150 Å². The molecule has 10 heteroatoms. The van der Waals surface area contributed by atoms with Crippen LogP contribution in [-0.4, -0.2) is 73.5 Å². The van der Waals surface area contributed by atoms with E-state index in [9.17, 15) is 18.0 Å². The summed E-state index contributed by atoms with van der Waals surface area (Å²) in [5.41, 5.74) is 0. The number of hydrogen-bond donors (Lipinski definition) is 1. The van der Waals surface area contributed by atoms with Crippen LogP contribution in [-0.2, 0) is 19.6 Å². The molecular formula is C15H20N2O6S2. The van der Waals surface area contributed by atoms with Crippen molar-refractivity contribution in [3.63, 3.8) is 0 Å². The van der Waals surface area contributed by atoms with E-state index in [1.165, 1.54) is 15.3 Å². The van der Waals surface area contributed by atoms with E-state index < -0.39 is 27.9 Å². The van der Waals surface area contributed by atoms with E-state index in [-0.39, 0.29) is 29.3 Å². The molecule has 0 saturated carbocycles. The second-order valence-electron chi connectivity index (χ2n) is 6.05. The van der Waals surface area contributed by atoms with Crippen LogP contribution < -0.4 is 0 Å². The van der Waals surface area contributed by atoms with Crippen LogP contribution in [0.5, 0.6) is 0 Å². The van der Waals surface area contributed by atoms with Crippen LogP contribution in [0.25, 0.3) is 0 Å². The molecule has 0 bridgehead atoms. The third-order valence-corrected chi connectivity index (χ3v) is 7.38. The summed E-state index contributed by atoms with van der Waals surface area (Å²) in [5.74, 6) is -1.47. The molecule has 3 rings (SSSR count). The van der Waals surface area contributed by atoms with E-state index in [4.69, 9.17) is 9.84 Å². The smallest absolute Gasteiger partial charge is 0.305 e. The van der Waals surface area contributed by atoms with Gasteiger partial charge in [0, 0.05) is 19.6 Å². The maximum atomic E-state index is 12.9. The fourth-order valence-corrected chi connectivity index (χ4v) is 6.01. The number of rotatable bonds is 5. The lowest BCUT2D eigenvalue weighted by Gasteiger charge is -2.34. The van der Waals surface area contributed by atoms with Crippen molar-refractivity contribution in [3.8, 4) is 0 Å². The minimum atomic E-state index is -3.70. The molecule has 0 aliphatic carbocycles. The van der Waals surface area contributed by atoms with E-state index in [0.29, 0.717) is 19.7 Å². The van der Waals surface area contributed by atoms with Crippen LogP contribution in [0.15, 0.2) is 16.3 Å². The first kappa shape index (κ1) is 18.3. The predicted octanol–water partition coefficient (Wildman–Crippen LogP) is 0.848. The number of carbonyl (C=O) groups is 2. The molecule has 1 aromatic heterocycles. The SMILES string of the molecule is O=C(O)C[C@H]1COCCN1C(=O)c1sccc1S(=O)(=O)N1CCCC1. The van der Waals surface area contributed by atoms with Crippen LogP contribution in [0.2, 0.25) is 0 Å². The number of carboxylic acids is 1. The molecule has 0 aromatic carbocycles. The molecule has 8 nitrogen and oxygen atoms in total. The summed E-state index contributed by atoms with van der Waals surface area (Å²) < 4.78 is 32.3. The molecule has 25 heavy (non-hydrogen) atoms. The van der Waals surface area contributed by atoms with Gasteiger partial charge in [0.2, 0.25) is 10.0 Å². The van der Waals surface area contributed by atoms with Crippen molar-refractivity contribution in [1.82, 2.24) is 9.21 Å². The van der Waals surface area contributed by atoms with E-state index in [2.05, 4.69) is 0 Å². The monoisotopic (exact) mass is 388 g/mol. The number of carboxylic acid groups (broad SMARTS) is 1. The Bertz CT molecular complexity index is 754. The van der Waals surface area contributed by atoms with Crippen LogP contribution in [0.1, 0.15) is 28.9 Å². The number of hydrogen-bond acceptors (Lipinski definition) is 6. The highest BCUT2D eigenvalue weighted by Crippen LogP contribution is 2.29. The zero-order valence-corrected chi connectivity index (χ0v) is 15.2. The van der Waals surface area contributed by atoms with Crippen molar-refractivity contribution in [1.29, 1.82) is 0 Å². The summed E-state index contributed by atoms with van der Waals surface area (Å²) in [6.07, 6.45) is 1.40. The number of morpholine rings is 1. The Morgan fingerprint density at radius 2 is 2.00 bits per heavy atom. The molecule has 0 radical (unpaired) electrons. The molecule has 2 aliphatic heterocycles. The van der Waals surface area contributed by atoms with Crippen molar-refractivity contribution in [3.05, 3.63) is 16.3 Å². The molecule has 2 fully saturated rings. The maximum Gasteiger partial charge on any atom is 0.305 e. The zero-order valence-electron chi connectivity index (χ0n) is 13.6. The summed E-state index contributed by atoms with van der Waals surface area (Å²) in [4.78, 5) is 25.6. The number of thiophene rings is 1. The predicted molar refractivity (Wildman–Crippen MR) is 90.2 cm³/mol. The second-order valence-corrected chi connectivity index (χ2v) is 8.87. The summed E-state index contributed by atoms with van der Waals surface area (Å²) in [6, 6.07) is 0.862. The van der Waals surface area contributed by atoms with Crippen LogP contribution in [0, 0.1) is 0 Å². The van der Waals surface area contributed by atoms with Gasteiger partial charge in [0.25, 0.3) is 5.91 Å². The van der Waals surface area contributed by atoms with Gasteiger partial charge in [-0.2, -0.15) is 4.31 Å². The largest absolute Gasteiger partial charge is 0.481 e. The van der Waals surface area contributed by atoms with Crippen molar-refractivity contribution < 1.29 is 27.9 Å². The topological polar surface area (TPSA) is 104 Å². The Morgan fingerprint density at radius 1 is 1.28 bits per heavy atom. The molecule has 1 N–H and O–H groups in total. The Hall–Kier alpha value is -1.49. The van der Waals surface area contributed by atoms with Crippen LogP contribution in [0.4, 0.5) is 0 Å². The van der Waals surface area contributed by atoms with Crippen molar-refractivity contribution in [2.24, 2.45) is 0 Å². The fourth-order valence-electron chi connectivity index (χ4n) is 3.15. The minimum Gasteiger partial charge on any atom is -0.481 e. The van der Waals surface area contributed by atoms with Gasteiger partial charge in [-0.3, -0.25) is 9.59 Å². The van der Waals surface area contributed by atoms with Gasteiger partial charge >= 0.3 is 5.97 Å². The van der Waals surface area contributed by atoms with Gasteiger partial charge in [-0.1, -0.05) is 0 Å². The Balaban J connectivity index is 1.88. The minimum absolute atomic E-state index is 0.0185. The van der Waals surface area contributed by atoms with Crippen LogP contribution in [0.3, 0.4) is 0 Å². The second kappa shape index (κ2) is 7.40. The van der Waals surface area contributed by atoms with E-state index in [0.717, 1.165) is 24.2 Å². The molecule has 1 amide bonds. The first-order valence-electron chi connectivity index (χ1n) is 8.09. The molecular weight excluding hydrogens is 368 g/mol. The van der Waals surface area contributed by atoms with Gasteiger partial charge in [0.15, 0.2) is 0 Å². The summed E-state index contributed by atoms with van der Waals surface area (Å²) in [6.45, 7) is 1.62. The van der Waals surface area contributed by atoms with Gasteiger partial charge in [-0.25, -0.2) is 8.42 Å². The number of aliphatic carboxylic acids is 1. The average molecular weight is 388 g/mol. The Morgan fingerprint density at radius 3 is 2.68 bits per heavy atom. The number of sulfonamides is 1. The number of carbonyl (C=O) groups excluding carboxylic acids is 1. The lowest BCUT2D eigenvalue weighted by Crippen LogP contribution is -2.49. The molecule has 0 unspecified atom stereocenters. The van der Waals surface area contributed by atoms with Crippen LogP contribution >= 0.6 is 11.3 Å². The average Bonchev–Trinajstić information content (AvgIpc) is 3.26. The van der Waals surface area contributed by atoms with E-state index in [1.54, 1.807) is 5.38 Å². The summed E-state index contributed by atoms with van der Waals surface area (Å²) in [5, 5.41) is 10.6. The standard InChI is InChI=1S/C15H20N2O6S2/c18-13(19)9-11-10-23-7-6-17(11)15(20)14-12(3-8-24-14)25(21,22)16-4-1-2-5-16/h3,8,11H,1-2,4-7,9-10H2,(H,18,19)/t11-/m0/s1. The molecule has 0 spiro atoms. The molecule has 2 saturated heterocycles. The molecule has 1 aromatic rings. The van der Waals surface area contributed by atoms with Crippen molar-refractivity contribution in [2.75, 3.05) is 32.8 Å². The molecule has 2 aliphatic rings. The van der Waals surface area contributed by atoms with Crippen molar-refractivity contribution >= 4 is 33.2 Å². The summed E-state index contributed by atoms with van der Waals surface area (Å²) in [7, 11) is -3.70. The zero-order chi connectivity index (χ0) is 18.0. The first-order valence-corrected chi connectivity index (χ1v) is 10.4. The number of amides is 1. The lowest BCUT2D eigenvalue weighted by atomic mass is 10.1. The first-order chi connectivity index (χ1) is 11.9. The van der Waals surface area contributed by atoms with Gasteiger partial charge in [-0.05, 0) is 24.3 Å². The number of nitrogens with zero attached hydrogens (tertiary/aromatic N) is 2. The molecule has 138 valence electrons. The van der Waals surface area contributed by atoms with E-state index in [1.807, 2.05) is 0 Å². The highest BCUT2D eigenvalue weighted by atomic mass is 32.2. The molecule has 1 atom stereocenters. The quantitative estimate of drug-likeness (QED) is 0.802. The Kier molecular flexibility index (Phi) is 5.42. The molecule has 3 heterocycles.